The Labute approximate surface area is 146 Å². The van der Waals surface area contributed by atoms with Gasteiger partial charge in [-0.3, -0.25) is 9.59 Å². The van der Waals surface area contributed by atoms with Gasteiger partial charge in [-0.15, -0.1) is 0 Å². The number of piperazine rings is 1. The summed E-state index contributed by atoms with van der Waals surface area (Å²) in [6.45, 7) is 5.75. The van der Waals surface area contributed by atoms with E-state index in [1.54, 1.807) is 16.7 Å². The average molecular weight is 339 g/mol. The smallest absolute Gasteiger partial charge is 0.257 e. The topological polar surface area (TPSA) is 78.4 Å². The third kappa shape index (κ3) is 4.12. The van der Waals surface area contributed by atoms with Gasteiger partial charge in [-0.25, -0.2) is 9.97 Å². The number of hydrogen-bond donors (Lipinski definition) is 1. The van der Waals surface area contributed by atoms with Crippen LogP contribution in [0.2, 0.25) is 0 Å². The Kier molecular flexibility index (Phi) is 4.92. The van der Waals surface area contributed by atoms with Gasteiger partial charge in [0.15, 0.2) is 0 Å². The molecule has 1 fully saturated rings. The summed E-state index contributed by atoms with van der Waals surface area (Å²) in [4.78, 5) is 35.8. The lowest BCUT2D eigenvalue weighted by molar-refractivity contribution is -0.130. The summed E-state index contributed by atoms with van der Waals surface area (Å²) in [7, 11) is 0. The fraction of sp³-hybridized carbons (Fsp3) is 0.333. The standard InChI is InChI=1S/C18H21N5O2/c1-13-4-3-5-16(10-13)21-18-19-11-15(12-20-18)17(25)23-8-6-22(7-9-23)14(2)24/h3-5,10-12H,6-9H2,1-2H3,(H,19,20,21). The zero-order valence-electron chi connectivity index (χ0n) is 14.4. The second kappa shape index (κ2) is 7.29. The first-order valence-corrected chi connectivity index (χ1v) is 8.23. The maximum Gasteiger partial charge on any atom is 0.257 e. The van der Waals surface area contributed by atoms with Gasteiger partial charge in [0.1, 0.15) is 0 Å². The molecule has 7 heteroatoms. The average Bonchev–Trinajstić information content (AvgIpc) is 2.62. The lowest BCUT2D eigenvalue weighted by Gasteiger charge is -2.34. The molecular weight excluding hydrogens is 318 g/mol. The normalized spacial score (nSPS) is 14.3. The van der Waals surface area contributed by atoms with Gasteiger partial charge in [0.2, 0.25) is 11.9 Å². The predicted molar refractivity (Wildman–Crippen MR) is 94.7 cm³/mol. The molecule has 1 aliphatic heterocycles. The quantitative estimate of drug-likeness (QED) is 0.923. The van der Waals surface area contributed by atoms with Crippen LogP contribution in [0.5, 0.6) is 0 Å². The molecule has 1 N–H and O–H groups in total. The van der Waals surface area contributed by atoms with Crippen LogP contribution in [-0.4, -0.2) is 57.8 Å². The Hall–Kier alpha value is -2.96. The third-order valence-electron chi connectivity index (χ3n) is 4.19. The van der Waals surface area contributed by atoms with Crippen LogP contribution in [0.3, 0.4) is 0 Å². The molecule has 0 saturated carbocycles. The molecule has 0 spiro atoms. The second-order valence-corrected chi connectivity index (χ2v) is 6.09. The minimum atomic E-state index is -0.106. The Morgan fingerprint density at radius 1 is 1.04 bits per heavy atom. The summed E-state index contributed by atoms with van der Waals surface area (Å²) in [6, 6.07) is 7.90. The molecule has 1 aliphatic rings. The van der Waals surface area contributed by atoms with Crippen LogP contribution < -0.4 is 5.32 Å². The highest BCUT2D eigenvalue weighted by Gasteiger charge is 2.23. The van der Waals surface area contributed by atoms with Crippen molar-refractivity contribution in [2.24, 2.45) is 0 Å². The van der Waals surface area contributed by atoms with Crippen molar-refractivity contribution in [3.05, 3.63) is 47.8 Å². The fourth-order valence-electron chi connectivity index (χ4n) is 2.76. The van der Waals surface area contributed by atoms with Crippen molar-refractivity contribution in [1.29, 1.82) is 0 Å². The minimum Gasteiger partial charge on any atom is -0.339 e. The summed E-state index contributed by atoms with van der Waals surface area (Å²) in [5.41, 5.74) is 2.49. The Balaban J connectivity index is 1.62. The fourth-order valence-corrected chi connectivity index (χ4v) is 2.76. The van der Waals surface area contributed by atoms with Crippen LogP contribution in [0.4, 0.5) is 11.6 Å². The van der Waals surface area contributed by atoms with Crippen molar-refractivity contribution in [1.82, 2.24) is 19.8 Å². The molecule has 0 unspecified atom stereocenters. The van der Waals surface area contributed by atoms with Gasteiger partial charge >= 0.3 is 0 Å². The van der Waals surface area contributed by atoms with E-state index >= 15 is 0 Å². The highest BCUT2D eigenvalue weighted by atomic mass is 16.2. The zero-order valence-corrected chi connectivity index (χ0v) is 14.4. The molecule has 1 saturated heterocycles. The molecule has 0 bridgehead atoms. The molecule has 3 rings (SSSR count). The molecule has 25 heavy (non-hydrogen) atoms. The Bertz CT molecular complexity index is 767. The molecule has 0 atom stereocenters. The van der Waals surface area contributed by atoms with Crippen LogP contribution in [0.1, 0.15) is 22.8 Å². The van der Waals surface area contributed by atoms with E-state index < -0.39 is 0 Å². The van der Waals surface area contributed by atoms with Crippen molar-refractivity contribution in [2.75, 3.05) is 31.5 Å². The molecule has 7 nitrogen and oxygen atoms in total. The Morgan fingerprint density at radius 2 is 1.68 bits per heavy atom. The van der Waals surface area contributed by atoms with E-state index in [0.717, 1.165) is 11.3 Å². The van der Waals surface area contributed by atoms with Gasteiger partial charge in [0.25, 0.3) is 5.91 Å². The number of carbonyl (C=O) groups excluding carboxylic acids is 2. The summed E-state index contributed by atoms with van der Waals surface area (Å²) >= 11 is 0. The van der Waals surface area contributed by atoms with Crippen molar-refractivity contribution in [2.45, 2.75) is 13.8 Å². The van der Waals surface area contributed by atoms with Gasteiger partial charge in [0, 0.05) is 51.2 Å². The van der Waals surface area contributed by atoms with Crippen LogP contribution in [0.25, 0.3) is 0 Å². The number of nitrogens with one attached hydrogen (secondary N) is 1. The summed E-state index contributed by atoms with van der Waals surface area (Å²) in [5.74, 6) is 0.385. The number of amides is 2. The summed E-state index contributed by atoms with van der Waals surface area (Å²) in [5, 5.41) is 3.12. The van der Waals surface area contributed by atoms with E-state index in [9.17, 15) is 9.59 Å². The molecular formula is C18H21N5O2. The maximum atomic E-state index is 12.5. The lowest BCUT2D eigenvalue weighted by atomic mass is 10.2. The molecule has 2 heterocycles. The largest absolute Gasteiger partial charge is 0.339 e. The van der Waals surface area contributed by atoms with Gasteiger partial charge in [-0.1, -0.05) is 12.1 Å². The molecule has 1 aromatic heterocycles. The van der Waals surface area contributed by atoms with Crippen molar-refractivity contribution in [3.63, 3.8) is 0 Å². The van der Waals surface area contributed by atoms with Gasteiger partial charge < -0.3 is 15.1 Å². The molecule has 2 amide bonds. The summed E-state index contributed by atoms with van der Waals surface area (Å²) in [6.07, 6.45) is 3.07. The lowest BCUT2D eigenvalue weighted by Crippen LogP contribution is -2.50. The van der Waals surface area contributed by atoms with Gasteiger partial charge in [-0.2, -0.15) is 0 Å². The van der Waals surface area contributed by atoms with E-state index in [-0.39, 0.29) is 11.8 Å². The van der Waals surface area contributed by atoms with Crippen molar-refractivity contribution in [3.8, 4) is 0 Å². The zero-order chi connectivity index (χ0) is 17.8. The second-order valence-electron chi connectivity index (χ2n) is 6.09. The number of nitrogens with zero attached hydrogens (tertiary/aromatic N) is 4. The SMILES string of the molecule is CC(=O)N1CCN(C(=O)c2cnc(Nc3cccc(C)c3)nc2)CC1. The van der Waals surface area contributed by atoms with E-state index in [0.29, 0.717) is 37.7 Å². The third-order valence-corrected chi connectivity index (χ3v) is 4.19. The van der Waals surface area contributed by atoms with Crippen LogP contribution >= 0.6 is 0 Å². The number of aromatic nitrogens is 2. The van der Waals surface area contributed by atoms with Crippen LogP contribution in [0.15, 0.2) is 36.7 Å². The first-order valence-electron chi connectivity index (χ1n) is 8.23. The number of hydrogen-bond acceptors (Lipinski definition) is 5. The monoisotopic (exact) mass is 339 g/mol. The Morgan fingerprint density at radius 3 is 2.28 bits per heavy atom. The molecule has 130 valence electrons. The minimum absolute atomic E-state index is 0.0435. The van der Waals surface area contributed by atoms with Crippen molar-refractivity contribution < 1.29 is 9.59 Å². The van der Waals surface area contributed by atoms with Crippen LogP contribution in [0, 0.1) is 6.92 Å². The van der Waals surface area contributed by atoms with E-state index in [1.807, 2.05) is 31.2 Å². The highest BCUT2D eigenvalue weighted by Crippen LogP contribution is 2.15. The molecule has 2 aromatic rings. The first kappa shape index (κ1) is 16.9. The number of carbonyl (C=O) groups is 2. The number of rotatable bonds is 3. The maximum absolute atomic E-state index is 12.5. The van der Waals surface area contributed by atoms with E-state index in [4.69, 9.17) is 0 Å². The van der Waals surface area contributed by atoms with Gasteiger partial charge in [0.05, 0.1) is 5.56 Å². The first-order chi connectivity index (χ1) is 12.0. The van der Waals surface area contributed by atoms with E-state index in [1.165, 1.54) is 12.4 Å². The van der Waals surface area contributed by atoms with Gasteiger partial charge in [-0.05, 0) is 24.6 Å². The number of benzene rings is 1. The molecule has 0 aliphatic carbocycles. The molecule has 1 aromatic carbocycles. The predicted octanol–water partition coefficient (Wildman–Crippen LogP) is 1.83. The highest BCUT2D eigenvalue weighted by molar-refractivity contribution is 5.94. The summed E-state index contributed by atoms with van der Waals surface area (Å²) < 4.78 is 0. The van der Waals surface area contributed by atoms with Crippen LogP contribution in [-0.2, 0) is 4.79 Å². The van der Waals surface area contributed by atoms with Crippen molar-refractivity contribution >= 4 is 23.5 Å². The number of anilines is 2. The van der Waals surface area contributed by atoms with E-state index in [2.05, 4.69) is 15.3 Å². The number of aryl methyl sites for hydroxylation is 1. The molecule has 0 radical (unpaired) electrons.